The summed E-state index contributed by atoms with van der Waals surface area (Å²) in [7, 11) is 0. The van der Waals surface area contributed by atoms with Crippen molar-refractivity contribution < 1.29 is 44.8 Å². The molecule has 0 saturated heterocycles. The summed E-state index contributed by atoms with van der Waals surface area (Å²) in [5, 5.41) is 5.42. The van der Waals surface area contributed by atoms with Crippen molar-refractivity contribution in [3.05, 3.63) is 69.2 Å². The van der Waals surface area contributed by atoms with E-state index in [1.165, 1.54) is 25.1 Å². The Labute approximate surface area is 204 Å². The lowest BCUT2D eigenvalue weighted by Crippen LogP contribution is -2.50. The highest BCUT2D eigenvalue weighted by molar-refractivity contribution is 6.30. The van der Waals surface area contributed by atoms with Crippen LogP contribution in [0.25, 0.3) is 0 Å². The first-order valence-corrected chi connectivity index (χ1v) is 10.9. The number of aryl methyl sites for hydroxylation is 1. The number of nitrogens with zero attached hydrogens (tertiary/aromatic N) is 1. The number of amides is 1. The summed E-state index contributed by atoms with van der Waals surface area (Å²) in [6.45, 7) is 1.49. The van der Waals surface area contributed by atoms with Crippen LogP contribution in [0.3, 0.4) is 0 Å². The molecule has 1 N–H and O–H groups in total. The largest absolute Gasteiger partial charge is 0.435 e. The van der Waals surface area contributed by atoms with Crippen molar-refractivity contribution in [2.75, 3.05) is 0 Å². The van der Waals surface area contributed by atoms with Crippen molar-refractivity contribution in [3.8, 4) is 0 Å². The van der Waals surface area contributed by atoms with Crippen LogP contribution in [-0.2, 0) is 16.6 Å². The zero-order valence-electron chi connectivity index (χ0n) is 18.3. The summed E-state index contributed by atoms with van der Waals surface area (Å²) in [5.41, 5.74) is -5.07. The van der Waals surface area contributed by atoms with Gasteiger partial charge in [0.25, 0.3) is 17.4 Å². The lowest BCUT2D eigenvalue weighted by atomic mass is 9.85. The van der Waals surface area contributed by atoms with E-state index in [4.69, 9.17) is 16.4 Å². The monoisotopic (exact) mass is 540 g/mol. The van der Waals surface area contributed by atoms with Crippen LogP contribution in [0, 0.1) is 6.92 Å². The summed E-state index contributed by atoms with van der Waals surface area (Å²) in [6, 6.07) is 4.83. The van der Waals surface area contributed by atoms with Crippen LogP contribution in [0.5, 0.6) is 0 Å². The topological polar surface area (TPSA) is 50.7 Å². The van der Waals surface area contributed by atoms with E-state index < -0.39 is 71.2 Å². The van der Waals surface area contributed by atoms with Gasteiger partial charge in [0.05, 0.1) is 11.3 Å². The normalized spacial score (nSPS) is 22.0. The van der Waals surface area contributed by atoms with E-state index in [0.29, 0.717) is 17.7 Å². The van der Waals surface area contributed by atoms with Crippen LogP contribution in [0.1, 0.15) is 51.9 Å². The molecule has 0 radical (unpaired) electrons. The van der Waals surface area contributed by atoms with Gasteiger partial charge in [-0.15, -0.1) is 0 Å². The minimum atomic E-state index is -5.16. The first kappa shape index (κ1) is 26.2. The third-order valence-corrected chi connectivity index (χ3v) is 6.33. The van der Waals surface area contributed by atoms with E-state index in [-0.39, 0.29) is 16.8 Å². The second-order valence-electron chi connectivity index (χ2n) is 8.82. The lowest BCUT2D eigenvalue weighted by molar-refractivity contribution is -0.276. The highest BCUT2D eigenvalue weighted by atomic mass is 35.5. The van der Waals surface area contributed by atoms with Crippen LogP contribution in [0.15, 0.2) is 41.6 Å². The third-order valence-electron chi connectivity index (χ3n) is 6.11. The third kappa shape index (κ3) is 4.87. The number of halogens is 9. The van der Waals surface area contributed by atoms with Gasteiger partial charge in [0.1, 0.15) is 0 Å². The second kappa shape index (κ2) is 8.60. The minimum absolute atomic E-state index is 0.125. The van der Waals surface area contributed by atoms with Crippen molar-refractivity contribution in [1.82, 2.24) is 5.32 Å². The van der Waals surface area contributed by atoms with Gasteiger partial charge in [0.15, 0.2) is 0 Å². The smallest absolute Gasteiger partial charge is 0.374 e. The number of oxime groups is 1. The molecular weight excluding hydrogens is 524 g/mol. The first-order valence-electron chi connectivity index (χ1n) is 10.5. The molecule has 4 nitrogen and oxygen atoms in total. The van der Waals surface area contributed by atoms with Gasteiger partial charge in [-0.3, -0.25) is 4.79 Å². The van der Waals surface area contributed by atoms with E-state index in [2.05, 4.69) is 10.5 Å². The molecule has 1 saturated carbocycles. The predicted octanol–water partition coefficient (Wildman–Crippen LogP) is 6.78. The maximum Gasteiger partial charge on any atom is 0.435 e. The molecular formula is C23H17ClF8N2O2. The molecule has 0 bridgehead atoms. The average molecular weight is 541 g/mol. The van der Waals surface area contributed by atoms with Crippen molar-refractivity contribution in [2.24, 2.45) is 5.16 Å². The van der Waals surface area contributed by atoms with Gasteiger partial charge in [-0.1, -0.05) is 22.8 Å². The molecule has 2 aromatic carbocycles. The highest BCUT2D eigenvalue weighted by Gasteiger charge is 2.62. The molecule has 1 aliphatic heterocycles. The summed E-state index contributed by atoms with van der Waals surface area (Å²) in [4.78, 5) is 17.2. The van der Waals surface area contributed by atoms with Crippen LogP contribution >= 0.6 is 11.6 Å². The van der Waals surface area contributed by atoms with Gasteiger partial charge < -0.3 is 10.2 Å². The van der Waals surface area contributed by atoms with Crippen molar-refractivity contribution in [2.45, 2.75) is 56.1 Å². The molecule has 0 unspecified atom stereocenters. The number of carbonyl (C=O) groups excluding carboxylic acids is 1. The molecule has 1 aliphatic carbocycles. The van der Waals surface area contributed by atoms with E-state index in [1.54, 1.807) is 0 Å². The molecule has 194 valence electrons. The fraction of sp³-hybridized carbons (Fsp3) is 0.391. The molecule has 2 aromatic rings. The molecule has 1 heterocycles. The van der Waals surface area contributed by atoms with Crippen LogP contribution in [0.2, 0.25) is 5.02 Å². The quantitative estimate of drug-likeness (QED) is 0.435. The first-order chi connectivity index (χ1) is 16.5. The lowest BCUT2D eigenvalue weighted by Gasteiger charge is -2.35. The number of benzene rings is 2. The van der Waals surface area contributed by atoms with Gasteiger partial charge in [-0.2, -0.15) is 26.3 Å². The Hall–Kier alpha value is -2.89. The van der Waals surface area contributed by atoms with E-state index in [9.17, 15) is 39.9 Å². The van der Waals surface area contributed by atoms with Crippen LogP contribution in [0.4, 0.5) is 35.1 Å². The zero-order valence-corrected chi connectivity index (χ0v) is 19.1. The standard InChI is InChI=1S/C23H17ClF8N2O2/c1-11-4-12(2-3-17(11)19(35)33-16-8-20(25,26)9-16)18-10-21(36-34-18,23(30,31)32)13-5-14(22(27,28)29)7-15(24)6-13/h2-7,16H,8-10H2,1H3,(H,33,35)/t21-/m1/s1. The Bertz CT molecular complexity index is 1230. The fourth-order valence-corrected chi connectivity index (χ4v) is 4.40. The Kier molecular flexibility index (Phi) is 6.26. The Balaban J connectivity index is 1.60. The second-order valence-corrected chi connectivity index (χ2v) is 9.26. The summed E-state index contributed by atoms with van der Waals surface area (Å²) < 4.78 is 108. The Morgan fingerprint density at radius 2 is 1.75 bits per heavy atom. The SMILES string of the molecule is Cc1cc(C2=NO[C@](c3cc(Cl)cc(C(F)(F)F)c3)(C(F)(F)F)C2)ccc1C(=O)NC1CC(F)(F)C1. The van der Waals surface area contributed by atoms with Crippen molar-refractivity contribution in [3.63, 3.8) is 0 Å². The van der Waals surface area contributed by atoms with Gasteiger partial charge in [-0.05, 0) is 48.4 Å². The Morgan fingerprint density at radius 3 is 2.31 bits per heavy atom. The zero-order chi connectivity index (χ0) is 26.7. The summed E-state index contributed by atoms with van der Waals surface area (Å²) >= 11 is 5.69. The molecule has 0 spiro atoms. The molecule has 0 aromatic heterocycles. The highest BCUT2D eigenvalue weighted by Crippen LogP contribution is 2.50. The molecule has 4 rings (SSSR count). The summed E-state index contributed by atoms with van der Waals surface area (Å²) in [6.07, 6.45) is -12.0. The number of hydrogen-bond donors (Lipinski definition) is 1. The molecule has 36 heavy (non-hydrogen) atoms. The molecule has 2 aliphatic rings. The molecule has 13 heteroatoms. The number of nitrogens with one attached hydrogen (secondary N) is 1. The van der Waals surface area contributed by atoms with Crippen molar-refractivity contribution in [1.29, 1.82) is 0 Å². The van der Waals surface area contributed by atoms with Gasteiger partial charge in [0.2, 0.25) is 0 Å². The van der Waals surface area contributed by atoms with Gasteiger partial charge in [-0.25, -0.2) is 8.78 Å². The minimum Gasteiger partial charge on any atom is -0.374 e. The average Bonchev–Trinajstić information content (AvgIpc) is 3.18. The molecule has 1 amide bonds. The maximum atomic E-state index is 14.2. The van der Waals surface area contributed by atoms with Crippen molar-refractivity contribution >= 4 is 23.2 Å². The number of rotatable bonds is 4. The summed E-state index contributed by atoms with van der Waals surface area (Å²) in [5.74, 6) is -3.45. The van der Waals surface area contributed by atoms with E-state index in [1.807, 2.05) is 0 Å². The molecule has 1 atom stereocenters. The number of carbonyl (C=O) groups is 1. The van der Waals surface area contributed by atoms with E-state index >= 15 is 0 Å². The predicted molar refractivity (Wildman–Crippen MR) is 113 cm³/mol. The molecule has 1 fully saturated rings. The number of hydrogen-bond acceptors (Lipinski definition) is 3. The van der Waals surface area contributed by atoms with Crippen LogP contribution < -0.4 is 5.32 Å². The fourth-order valence-electron chi connectivity index (χ4n) is 4.17. The van der Waals surface area contributed by atoms with Crippen LogP contribution in [-0.4, -0.2) is 29.8 Å². The maximum absolute atomic E-state index is 14.2. The van der Waals surface area contributed by atoms with E-state index in [0.717, 1.165) is 6.07 Å². The Morgan fingerprint density at radius 1 is 1.08 bits per heavy atom. The van der Waals surface area contributed by atoms with Gasteiger partial charge >= 0.3 is 12.4 Å². The van der Waals surface area contributed by atoms with Gasteiger partial charge in [0, 0.05) is 41.5 Å². The number of alkyl halides is 8.